The van der Waals surface area contributed by atoms with Gasteiger partial charge in [0.05, 0.1) is 12.7 Å². The summed E-state index contributed by atoms with van der Waals surface area (Å²) in [6.45, 7) is 11.5. The molecule has 0 radical (unpaired) electrons. The number of ether oxygens (including phenoxy) is 2. The van der Waals surface area contributed by atoms with E-state index in [-0.39, 0.29) is 6.10 Å². The van der Waals surface area contributed by atoms with E-state index in [2.05, 4.69) is 41.2 Å². The van der Waals surface area contributed by atoms with E-state index in [1.54, 1.807) is 0 Å². The number of hydrogen-bond acceptors (Lipinski definition) is 3. The highest BCUT2D eigenvalue weighted by Gasteiger charge is 2.03. The molecule has 0 bridgehead atoms. The van der Waals surface area contributed by atoms with Crippen LogP contribution in [0.1, 0.15) is 33.3 Å². The van der Waals surface area contributed by atoms with Gasteiger partial charge in [-0.05, 0) is 50.1 Å². The predicted molar refractivity (Wildman–Crippen MR) is 87.3 cm³/mol. The molecule has 114 valence electrons. The summed E-state index contributed by atoms with van der Waals surface area (Å²) in [6.07, 6.45) is 0.249. The van der Waals surface area contributed by atoms with Crippen molar-refractivity contribution in [1.82, 2.24) is 5.32 Å². The molecule has 0 aliphatic heterocycles. The zero-order chi connectivity index (χ0) is 15.0. The average Bonchev–Trinajstić information content (AvgIpc) is 2.37. The molecule has 1 aromatic rings. The Morgan fingerprint density at radius 2 is 1.90 bits per heavy atom. The molecule has 0 aliphatic rings. The van der Waals surface area contributed by atoms with Gasteiger partial charge in [0, 0.05) is 11.0 Å². The summed E-state index contributed by atoms with van der Waals surface area (Å²) in [4.78, 5) is 0. The van der Waals surface area contributed by atoms with Gasteiger partial charge in [-0.2, -0.15) is 0 Å². The first kappa shape index (κ1) is 17.5. The first-order valence-corrected chi connectivity index (χ1v) is 8.02. The summed E-state index contributed by atoms with van der Waals surface area (Å²) in [5.74, 6) is 1.54. The lowest BCUT2D eigenvalue weighted by Gasteiger charge is -2.12. The van der Waals surface area contributed by atoms with Crippen molar-refractivity contribution in [2.75, 3.05) is 19.8 Å². The molecule has 1 rings (SSSR count). The van der Waals surface area contributed by atoms with Gasteiger partial charge in [-0.15, -0.1) is 0 Å². The predicted octanol–water partition coefficient (Wildman–Crippen LogP) is 4.00. The Kier molecular flexibility index (Phi) is 8.19. The van der Waals surface area contributed by atoms with E-state index in [0.29, 0.717) is 19.1 Å². The molecule has 3 nitrogen and oxygen atoms in total. The number of nitrogens with one attached hydrogen (secondary N) is 1. The first-order chi connectivity index (χ1) is 9.49. The van der Waals surface area contributed by atoms with Crippen LogP contribution in [0, 0.1) is 5.92 Å². The Bertz CT molecular complexity index is 394. The van der Waals surface area contributed by atoms with Crippen molar-refractivity contribution >= 4 is 15.9 Å². The Hall–Kier alpha value is -0.580. The summed E-state index contributed by atoms with van der Waals surface area (Å²) >= 11 is 3.58. The number of hydrogen-bond donors (Lipinski definition) is 1. The molecule has 0 atom stereocenters. The van der Waals surface area contributed by atoms with E-state index >= 15 is 0 Å². The van der Waals surface area contributed by atoms with E-state index in [1.807, 2.05) is 26.0 Å². The largest absolute Gasteiger partial charge is 0.491 e. The van der Waals surface area contributed by atoms with Crippen LogP contribution in [0.3, 0.4) is 0 Å². The third-order valence-electron chi connectivity index (χ3n) is 2.69. The van der Waals surface area contributed by atoms with Crippen LogP contribution in [0.4, 0.5) is 0 Å². The van der Waals surface area contributed by atoms with E-state index in [1.165, 1.54) is 5.56 Å². The summed E-state index contributed by atoms with van der Waals surface area (Å²) in [5.41, 5.74) is 1.22. The highest BCUT2D eigenvalue weighted by molar-refractivity contribution is 9.10. The van der Waals surface area contributed by atoms with Crippen LogP contribution in [0.2, 0.25) is 0 Å². The molecule has 0 aromatic heterocycles. The van der Waals surface area contributed by atoms with Gasteiger partial charge in [0.1, 0.15) is 12.4 Å². The molecule has 0 fully saturated rings. The van der Waals surface area contributed by atoms with Gasteiger partial charge in [-0.3, -0.25) is 0 Å². The topological polar surface area (TPSA) is 30.5 Å². The second kappa shape index (κ2) is 9.37. The van der Waals surface area contributed by atoms with Crippen molar-refractivity contribution in [1.29, 1.82) is 0 Å². The molecular weight excluding hydrogens is 318 g/mol. The van der Waals surface area contributed by atoms with E-state index in [4.69, 9.17) is 9.47 Å². The maximum atomic E-state index is 5.71. The van der Waals surface area contributed by atoms with Crippen molar-refractivity contribution in [3.05, 3.63) is 28.2 Å². The minimum Gasteiger partial charge on any atom is -0.491 e. The second-order valence-corrected chi connectivity index (χ2v) is 6.40. The molecular formula is C16H26BrNO2. The molecule has 0 aliphatic carbocycles. The zero-order valence-electron chi connectivity index (χ0n) is 12.9. The molecule has 4 heteroatoms. The van der Waals surface area contributed by atoms with Gasteiger partial charge in [-0.25, -0.2) is 0 Å². The zero-order valence-corrected chi connectivity index (χ0v) is 14.5. The molecule has 1 N–H and O–H groups in total. The molecule has 0 unspecified atom stereocenters. The molecule has 0 amide bonds. The molecule has 0 saturated heterocycles. The minimum atomic E-state index is 0.249. The Morgan fingerprint density at radius 3 is 2.55 bits per heavy atom. The molecule has 0 spiro atoms. The molecule has 0 saturated carbocycles. The van der Waals surface area contributed by atoms with Gasteiger partial charge < -0.3 is 14.8 Å². The Morgan fingerprint density at radius 1 is 1.15 bits per heavy atom. The van der Waals surface area contributed by atoms with Gasteiger partial charge in [0.15, 0.2) is 0 Å². The van der Waals surface area contributed by atoms with Crippen LogP contribution < -0.4 is 10.1 Å². The highest BCUT2D eigenvalue weighted by atomic mass is 79.9. The number of rotatable bonds is 9. The minimum absolute atomic E-state index is 0.249. The third kappa shape index (κ3) is 7.27. The fourth-order valence-electron chi connectivity index (χ4n) is 1.72. The van der Waals surface area contributed by atoms with E-state index in [9.17, 15) is 0 Å². The lowest BCUT2D eigenvalue weighted by atomic mass is 10.2. The normalized spacial score (nSPS) is 11.3. The second-order valence-electron chi connectivity index (χ2n) is 5.55. The van der Waals surface area contributed by atoms with E-state index < -0.39 is 0 Å². The quantitative estimate of drug-likeness (QED) is 0.687. The van der Waals surface area contributed by atoms with Gasteiger partial charge in [-0.1, -0.05) is 29.8 Å². The van der Waals surface area contributed by atoms with E-state index in [0.717, 1.165) is 23.3 Å². The van der Waals surface area contributed by atoms with Gasteiger partial charge in [0.25, 0.3) is 0 Å². The Balaban J connectivity index is 2.44. The van der Waals surface area contributed by atoms with Gasteiger partial charge in [0.2, 0.25) is 0 Å². The maximum absolute atomic E-state index is 5.71. The van der Waals surface area contributed by atoms with Crippen LogP contribution in [-0.4, -0.2) is 25.9 Å². The summed E-state index contributed by atoms with van der Waals surface area (Å²) in [6, 6.07) is 6.09. The lowest BCUT2D eigenvalue weighted by molar-refractivity contribution is 0.0552. The monoisotopic (exact) mass is 343 g/mol. The lowest BCUT2D eigenvalue weighted by Crippen LogP contribution is -2.19. The van der Waals surface area contributed by atoms with Crippen LogP contribution in [0.25, 0.3) is 0 Å². The number of benzene rings is 1. The van der Waals surface area contributed by atoms with Crippen molar-refractivity contribution in [2.24, 2.45) is 5.92 Å². The SMILES string of the molecule is CC(C)CNCc1cc(OCCOC(C)C)ccc1Br. The maximum Gasteiger partial charge on any atom is 0.119 e. The summed E-state index contributed by atoms with van der Waals surface area (Å²) < 4.78 is 12.3. The van der Waals surface area contributed by atoms with Gasteiger partial charge >= 0.3 is 0 Å². The third-order valence-corrected chi connectivity index (χ3v) is 3.46. The van der Waals surface area contributed by atoms with Crippen LogP contribution >= 0.6 is 15.9 Å². The average molecular weight is 344 g/mol. The summed E-state index contributed by atoms with van der Waals surface area (Å²) in [7, 11) is 0. The van der Waals surface area contributed by atoms with Crippen LogP contribution in [0.5, 0.6) is 5.75 Å². The highest BCUT2D eigenvalue weighted by Crippen LogP contribution is 2.22. The molecule has 1 aromatic carbocycles. The fourth-order valence-corrected chi connectivity index (χ4v) is 2.10. The number of halogens is 1. The van der Waals surface area contributed by atoms with Crippen molar-refractivity contribution in [3.8, 4) is 5.75 Å². The first-order valence-electron chi connectivity index (χ1n) is 7.22. The van der Waals surface area contributed by atoms with Crippen molar-refractivity contribution in [2.45, 2.75) is 40.3 Å². The summed E-state index contributed by atoms with van der Waals surface area (Å²) in [5, 5.41) is 3.44. The van der Waals surface area contributed by atoms with Crippen molar-refractivity contribution < 1.29 is 9.47 Å². The Labute approximate surface area is 131 Å². The van der Waals surface area contributed by atoms with Crippen molar-refractivity contribution in [3.63, 3.8) is 0 Å². The smallest absolute Gasteiger partial charge is 0.119 e. The fraction of sp³-hybridized carbons (Fsp3) is 0.625. The standard InChI is InChI=1S/C16H26BrNO2/c1-12(2)10-18-11-14-9-15(5-6-16(14)17)20-8-7-19-13(3)4/h5-6,9,12-13,18H,7-8,10-11H2,1-4H3. The molecule has 0 heterocycles. The van der Waals surface area contributed by atoms with Crippen LogP contribution in [-0.2, 0) is 11.3 Å². The van der Waals surface area contributed by atoms with Crippen LogP contribution in [0.15, 0.2) is 22.7 Å². The molecule has 20 heavy (non-hydrogen) atoms.